The van der Waals surface area contributed by atoms with Gasteiger partial charge in [-0.1, -0.05) is 26.7 Å². The van der Waals surface area contributed by atoms with E-state index in [0.29, 0.717) is 0 Å². The smallest absolute Gasteiger partial charge is 0 e. The van der Waals surface area contributed by atoms with Gasteiger partial charge >= 0.3 is 0 Å². The average molecular weight is 250 g/mol. The van der Waals surface area contributed by atoms with E-state index in [-0.39, 0.29) is 35.6 Å². The van der Waals surface area contributed by atoms with Crippen LogP contribution in [0.3, 0.4) is 0 Å². The van der Waals surface area contributed by atoms with Crippen molar-refractivity contribution in [2.75, 3.05) is 0 Å². The van der Waals surface area contributed by atoms with E-state index in [9.17, 15) is 0 Å². The van der Waals surface area contributed by atoms with Crippen LogP contribution in [0.2, 0.25) is 0 Å². The second-order valence-electron chi connectivity index (χ2n) is 3.02. The zero-order valence-corrected chi connectivity index (χ0v) is 10.1. The van der Waals surface area contributed by atoms with Gasteiger partial charge in [0.1, 0.15) is 0 Å². The number of rotatable bonds is 1. The van der Waals surface area contributed by atoms with E-state index in [4.69, 9.17) is 0 Å². The summed E-state index contributed by atoms with van der Waals surface area (Å²) in [7, 11) is 0. The fourth-order valence-corrected chi connectivity index (χ4v) is 1.41. The minimum atomic E-state index is 0. The SMILES string of the molecule is CC(C)[C]1CCCC1.[La]. The predicted octanol–water partition coefficient (Wildman–Crippen LogP) is 2.79. The summed E-state index contributed by atoms with van der Waals surface area (Å²) < 4.78 is 0. The van der Waals surface area contributed by atoms with Gasteiger partial charge in [-0.2, -0.15) is 0 Å². The monoisotopic (exact) mass is 250 g/mol. The van der Waals surface area contributed by atoms with Gasteiger partial charge in [-0.15, -0.1) is 0 Å². The minimum absolute atomic E-state index is 0. The molecule has 0 atom stereocenters. The molecule has 0 aromatic carbocycles. The third-order valence-corrected chi connectivity index (χ3v) is 2.06. The standard InChI is InChI=1S/C8H15.La/c1-7(2)8-5-3-4-6-8;/h7H,3-6H2,1-2H3;. The van der Waals surface area contributed by atoms with E-state index in [1.807, 2.05) is 0 Å². The van der Waals surface area contributed by atoms with Gasteiger partial charge in [0, 0.05) is 35.6 Å². The molecule has 0 heterocycles. The molecule has 0 N–H and O–H groups in total. The Morgan fingerprint density at radius 3 is 1.78 bits per heavy atom. The topological polar surface area (TPSA) is 0 Å². The summed E-state index contributed by atoms with van der Waals surface area (Å²) in [6.45, 7) is 4.61. The normalized spacial score (nSPS) is 20.3. The molecule has 0 unspecified atom stereocenters. The summed E-state index contributed by atoms with van der Waals surface area (Å²) in [6, 6.07) is 0. The molecular weight excluding hydrogens is 235 g/mol. The van der Waals surface area contributed by atoms with Gasteiger partial charge in [-0.05, 0) is 24.7 Å². The molecule has 0 aromatic heterocycles. The number of hydrogen-bond donors (Lipinski definition) is 0. The van der Waals surface area contributed by atoms with Gasteiger partial charge in [0.05, 0.1) is 0 Å². The van der Waals surface area contributed by atoms with E-state index < -0.39 is 0 Å². The Kier molecular flexibility index (Phi) is 5.58. The van der Waals surface area contributed by atoms with Crippen molar-refractivity contribution in [3.05, 3.63) is 5.92 Å². The molecule has 0 nitrogen and oxygen atoms in total. The van der Waals surface area contributed by atoms with Crippen molar-refractivity contribution >= 4 is 0 Å². The van der Waals surface area contributed by atoms with Crippen LogP contribution >= 0.6 is 0 Å². The molecule has 2 radical (unpaired) electrons. The van der Waals surface area contributed by atoms with Crippen LogP contribution in [0.4, 0.5) is 0 Å². The molecule has 0 spiro atoms. The molecule has 9 heavy (non-hydrogen) atoms. The molecular formula is C8H15La. The van der Waals surface area contributed by atoms with Gasteiger partial charge in [0.2, 0.25) is 0 Å². The quantitative estimate of drug-likeness (QED) is 0.671. The fourth-order valence-electron chi connectivity index (χ4n) is 1.41. The van der Waals surface area contributed by atoms with Crippen LogP contribution in [-0.4, -0.2) is 0 Å². The summed E-state index contributed by atoms with van der Waals surface area (Å²) in [5.74, 6) is 2.66. The van der Waals surface area contributed by atoms with Crippen molar-refractivity contribution in [1.82, 2.24) is 0 Å². The van der Waals surface area contributed by atoms with E-state index in [1.54, 1.807) is 5.92 Å². The van der Waals surface area contributed by atoms with Crippen LogP contribution in [0, 0.1) is 47.4 Å². The van der Waals surface area contributed by atoms with Crippen molar-refractivity contribution in [3.63, 3.8) is 0 Å². The molecule has 1 aliphatic carbocycles. The minimum Gasteiger partial charge on any atom is -0.0622 e. The summed E-state index contributed by atoms with van der Waals surface area (Å²) in [5.41, 5.74) is 0. The fraction of sp³-hybridized carbons (Fsp3) is 0.875. The Bertz CT molecular complexity index is 63.0. The van der Waals surface area contributed by atoms with Crippen LogP contribution in [0.1, 0.15) is 39.5 Å². The molecule has 50 valence electrons. The van der Waals surface area contributed by atoms with E-state index >= 15 is 0 Å². The third-order valence-electron chi connectivity index (χ3n) is 2.06. The maximum atomic E-state index is 2.31. The Balaban J connectivity index is 0.000000640. The Labute approximate surface area is 86.4 Å². The van der Waals surface area contributed by atoms with Gasteiger partial charge in [0.15, 0.2) is 0 Å². The summed E-state index contributed by atoms with van der Waals surface area (Å²) in [6.07, 6.45) is 5.73. The van der Waals surface area contributed by atoms with Crippen LogP contribution in [0.5, 0.6) is 0 Å². The Morgan fingerprint density at radius 1 is 1.11 bits per heavy atom. The zero-order valence-electron chi connectivity index (χ0n) is 6.48. The maximum Gasteiger partial charge on any atom is 0 e. The largest absolute Gasteiger partial charge is 0.0622 e. The molecule has 1 rings (SSSR count). The number of hydrogen-bond acceptors (Lipinski definition) is 0. The maximum absolute atomic E-state index is 2.31. The molecule has 0 aliphatic heterocycles. The zero-order chi connectivity index (χ0) is 5.98. The molecule has 1 saturated carbocycles. The average Bonchev–Trinajstić information content (AvgIpc) is 2.12. The Morgan fingerprint density at radius 2 is 1.56 bits per heavy atom. The van der Waals surface area contributed by atoms with E-state index in [1.165, 1.54) is 25.7 Å². The van der Waals surface area contributed by atoms with Crippen molar-refractivity contribution in [2.24, 2.45) is 5.92 Å². The van der Waals surface area contributed by atoms with Gasteiger partial charge in [0.25, 0.3) is 0 Å². The van der Waals surface area contributed by atoms with Crippen molar-refractivity contribution in [2.45, 2.75) is 39.5 Å². The summed E-state index contributed by atoms with van der Waals surface area (Å²) >= 11 is 0. The third kappa shape index (κ3) is 3.20. The first-order valence-electron chi connectivity index (χ1n) is 3.65. The molecule has 1 fully saturated rings. The first kappa shape index (κ1) is 10.2. The molecule has 1 aliphatic rings. The first-order valence-corrected chi connectivity index (χ1v) is 3.65. The molecule has 0 saturated heterocycles. The predicted molar refractivity (Wildman–Crippen MR) is 36.5 cm³/mol. The molecule has 0 amide bonds. The van der Waals surface area contributed by atoms with Crippen LogP contribution in [-0.2, 0) is 0 Å². The molecule has 0 bridgehead atoms. The second-order valence-corrected chi connectivity index (χ2v) is 3.02. The summed E-state index contributed by atoms with van der Waals surface area (Å²) in [4.78, 5) is 0. The summed E-state index contributed by atoms with van der Waals surface area (Å²) in [5, 5.41) is 0. The van der Waals surface area contributed by atoms with E-state index in [2.05, 4.69) is 13.8 Å². The molecule has 1 heteroatoms. The van der Waals surface area contributed by atoms with Gasteiger partial charge in [-0.25, -0.2) is 0 Å². The van der Waals surface area contributed by atoms with Crippen molar-refractivity contribution < 1.29 is 35.6 Å². The van der Waals surface area contributed by atoms with Crippen LogP contribution in [0.25, 0.3) is 0 Å². The Hall–Kier alpha value is 1.19. The van der Waals surface area contributed by atoms with Gasteiger partial charge in [-0.3, -0.25) is 0 Å². The van der Waals surface area contributed by atoms with Crippen LogP contribution < -0.4 is 0 Å². The van der Waals surface area contributed by atoms with Gasteiger partial charge < -0.3 is 0 Å². The van der Waals surface area contributed by atoms with E-state index in [0.717, 1.165) is 5.92 Å². The van der Waals surface area contributed by atoms with Crippen LogP contribution in [0.15, 0.2) is 0 Å². The van der Waals surface area contributed by atoms with Crippen molar-refractivity contribution in [1.29, 1.82) is 0 Å². The second kappa shape index (κ2) is 4.93. The van der Waals surface area contributed by atoms with Crippen molar-refractivity contribution in [3.8, 4) is 0 Å². The molecule has 0 aromatic rings. The first-order chi connectivity index (χ1) is 3.80.